The summed E-state index contributed by atoms with van der Waals surface area (Å²) < 4.78 is 1.96. The Kier molecular flexibility index (Phi) is 3.84. The molecule has 0 aliphatic heterocycles. The topological polar surface area (TPSA) is 58.7 Å². The van der Waals surface area contributed by atoms with Crippen molar-refractivity contribution in [2.45, 2.75) is 38.5 Å². The van der Waals surface area contributed by atoms with Crippen LogP contribution in [-0.4, -0.2) is 15.6 Å². The Bertz CT molecular complexity index is 948. The summed E-state index contributed by atoms with van der Waals surface area (Å²) in [6.07, 6.45) is 4.54. The molecule has 0 bridgehead atoms. The molecule has 4 heteroatoms. The largest absolute Gasteiger partial charge is 0.293 e. The summed E-state index contributed by atoms with van der Waals surface area (Å²) in [5.41, 5.74) is 4.54. The van der Waals surface area contributed by atoms with E-state index in [0.29, 0.717) is 5.57 Å². The molecular formula is C22H23N3O. The van der Waals surface area contributed by atoms with E-state index < -0.39 is 0 Å². The van der Waals surface area contributed by atoms with Crippen LogP contribution in [0.25, 0.3) is 11.3 Å². The molecule has 2 aromatic rings. The molecule has 132 valence electrons. The van der Waals surface area contributed by atoms with Crippen molar-refractivity contribution in [3.63, 3.8) is 0 Å². The standard InChI is InChI=1S/C22H23N3O/c1-4-16-18-11-10-17-19(14-8-6-5-7-9-14)25(3)24-21(17)22(18,2)12-15(13-23)20(16)26/h5-9,12,16,18H,4,10-11H2,1-3H3. The van der Waals surface area contributed by atoms with Crippen LogP contribution in [0.5, 0.6) is 0 Å². The predicted molar refractivity (Wildman–Crippen MR) is 100 cm³/mol. The first-order chi connectivity index (χ1) is 12.5. The second kappa shape index (κ2) is 5.95. The van der Waals surface area contributed by atoms with E-state index in [9.17, 15) is 10.1 Å². The summed E-state index contributed by atoms with van der Waals surface area (Å²) in [5.74, 6) is 0.137. The number of hydrogen-bond acceptors (Lipinski definition) is 3. The highest BCUT2D eigenvalue weighted by molar-refractivity contribution is 6.02. The third-order valence-electron chi connectivity index (χ3n) is 6.27. The van der Waals surface area contributed by atoms with Gasteiger partial charge in [-0.1, -0.05) is 50.3 Å². The van der Waals surface area contributed by atoms with E-state index >= 15 is 0 Å². The number of carbonyl (C=O) groups excluding carboxylic acids is 1. The monoisotopic (exact) mass is 345 g/mol. The first-order valence-corrected chi connectivity index (χ1v) is 9.30. The number of nitriles is 1. The lowest BCUT2D eigenvalue weighted by molar-refractivity contribution is -0.122. The van der Waals surface area contributed by atoms with Crippen LogP contribution in [0.4, 0.5) is 0 Å². The second-order valence-electron chi connectivity index (χ2n) is 7.64. The molecule has 2 aliphatic rings. The van der Waals surface area contributed by atoms with E-state index in [0.717, 1.165) is 36.2 Å². The lowest BCUT2D eigenvalue weighted by Gasteiger charge is -2.45. The maximum Gasteiger partial charge on any atom is 0.176 e. The second-order valence-corrected chi connectivity index (χ2v) is 7.64. The van der Waals surface area contributed by atoms with Crippen LogP contribution in [0.3, 0.4) is 0 Å². The van der Waals surface area contributed by atoms with E-state index in [1.807, 2.05) is 42.9 Å². The summed E-state index contributed by atoms with van der Waals surface area (Å²) >= 11 is 0. The van der Waals surface area contributed by atoms with Crippen molar-refractivity contribution in [2.75, 3.05) is 0 Å². The Hall–Kier alpha value is -2.67. The summed E-state index contributed by atoms with van der Waals surface area (Å²) in [6.45, 7) is 4.20. The van der Waals surface area contributed by atoms with Crippen molar-refractivity contribution in [1.82, 2.24) is 9.78 Å². The highest BCUT2D eigenvalue weighted by Crippen LogP contribution is 2.51. The zero-order chi connectivity index (χ0) is 18.5. The molecule has 1 heterocycles. The highest BCUT2D eigenvalue weighted by Gasteiger charge is 2.51. The molecule has 4 nitrogen and oxygen atoms in total. The lowest BCUT2D eigenvalue weighted by atomic mass is 9.57. The lowest BCUT2D eigenvalue weighted by Crippen LogP contribution is -2.46. The Labute approximate surface area is 154 Å². The van der Waals surface area contributed by atoms with Crippen LogP contribution in [0.2, 0.25) is 0 Å². The molecule has 1 aromatic heterocycles. The number of fused-ring (bicyclic) bond motifs is 3. The van der Waals surface area contributed by atoms with Crippen LogP contribution in [0, 0.1) is 23.2 Å². The molecule has 2 aliphatic carbocycles. The summed E-state index contributed by atoms with van der Waals surface area (Å²) in [5, 5.41) is 14.4. The van der Waals surface area contributed by atoms with E-state index in [1.165, 1.54) is 5.56 Å². The van der Waals surface area contributed by atoms with Crippen molar-refractivity contribution in [1.29, 1.82) is 5.26 Å². The van der Waals surface area contributed by atoms with Gasteiger partial charge in [-0.2, -0.15) is 10.4 Å². The van der Waals surface area contributed by atoms with Crippen LogP contribution in [-0.2, 0) is 23.7 Å². The van der Waals surface area contributed by atoms with Gasteiger partial charge in [-0.15, -0.1) is 0 Å². The predicted octanol–water partition coefficient (Wildman–Crippen LogP) is 3.97. The first-order valence-electron chi connectivity index (χ1n) is 9.30. The van der Waals surface area contributed by atoms with Gasteiger partial charge in [-0.05, 0) is 25.2 Å². The number of ketones is 1. The fourth-order valence-electron chi connectivity index (χ4n) is 5.08. The maximum atomic E-state index is 12.7. The molecule has 0 radical (unpaired) electrons. The molecule has 1 aromatic carbocycles. The van der Waals surface area contributed by atoms with Gasteiger partial charge in [0.2, 0.25) is 0 Å². The normalized spacial score (nSPS) is 27.3. The smallest absolute Gasteiger partial charge is 0.176 e. The number of benzene rings is 1. The molecule has 0 saturated heterocycles. The third-order valence-corrected chi connectivity index (χ3v) is 6.27. The summed E-state index contributed by atoms with van der Waals surface area (Å²) in [7, 11) is 1.99. The number of aromatic nitrogens is 2. The molecule has 0 N–H and O–H groups in total. The number of Topliss-reactive ketones (excluding diaryl/α,β-unsaturated/α-hetero) is 1. The van der Waals surface area contributed by atoms with Crippen LogP contribution < -0.4 is 0 Å². The number of allylic oxidation sites excluding steroid dienone is 2. The average molecular weight is 345 g/mol. The van der Waals surface area contributed by atoms with Crippen molar-refractivity contribution in [3.8, 4) is 17.3 Å². The van der Waals surface area contributed by atoms with Gasteiger partial charge < -0.3 is 0 Å². The molecule has 0 spiro atoms. The number of rotatable bonds is 2. The van der Waals surface area contributed by atoms with Gasteiger partial charge in [-0.3, -0.25) is 9.48 Å². The van der Waals surface area contributed by atoms with E-state index in [1.54, 1.807) is 0 Å². The molecular weight excluding hydrogens is 322 g/mol. The molecule has 0 saturated carbocycles. The van der Waals surface area contributed by atoms with Gasteiger partial charge in [0.05, 0.1) is 17.0 Å². The third kappa shape index (κ3) is 2.20. The Morgan fingerprint density at radius 2 is 2.08 bits per heavy atom. The Morgan fingerprint density at radius 1 is 1.35 bits per heavy atom. The molecule has 0 amide bonds. The van der Waals surface area contributed by atoms with Gasteiger partial charge in [0.1, 0.15) is 6.07 Å². The number of hydrogen-bond donors (Lipinski definition) is 0. The average Bonchev–Trinajstić information content (AvgIpc) is 3.00. The van der Waals surface area contributed by atoms with E-state index in [-0.39, 0.29) is 23.0 Å². The van der Waals surface area contributed by atoms with Crippen molar-refractivity contribution in [2.24, 2.45) is 18.9 Å². The number of aryl methyl sites for hydroxylation is 1. The van der Waals surface area contributed by atoms with E-state index in [4.69, 9.17) is 5.10 Å². The van der Waals surface area contributed by atoms with Crippen molar-refractivity contribution >= 4 is 5.78 Å². The van der Waals surface area contributed by atoms with Gasteiger partial charge in [0.25, 0.3) is 0 Å². The fourth-order valence-corrected chi connectivity index (χ4v) is 5.08. The van der Waals surface area contributed by atoms with Gasteiger partial charge >= 0.3 is 0 Å². The minimum atomic E-state index is -0.363. The van der Waals surface area contributed by atoms with Crippen molar-refractivity contribution in [3.05, 3.63) is 53.2 Å². The quantitative estimate of drug-likeness (QED) is 0.827. The minimum absolute atomic E-state index is 0.0140. The summed E-state index contributed by atoms with van der Waals surface area (Å²) in [4.78, 5) is 12.7. The SMILES string of the molecule is CCC1C(=O)C(C#N)=CC2(C)c3nn(C)c(-c4ccccc4)c3CCC12. The molecule has 3 atom stereocenters. The van der Waals surface area contributed by atoms with Gasteiger partial charge in [0.15, 0.2) is 5.78 Å². The zero-order valence-electron chi connectivity index (χ0n) is 15.5. The molecule has 4 rings (SSSR count). The van der Waals surface area contributed by atoms with Crippen LogP contribution in [0.1, 0.15) is 37.9 Å². The Morgan fingerprint density at radius 3 is 2.73 bits per heavy atom. The zero-order valence-corrected chi connectivity index (χ0v) is 15.5. The Balaban J connectivity index is 1.94. The van der Waals surface area contributed by atoms with Crippen LogP contribution in [0.15, 0.2) is 42.0 Å². The molecule has 26 heavy (non-hydrogen) atoms. The molecule has 3 unspecified atom stereocenters. The molecule has 0 fully saturated rings. The van der Waals surface area contributed by atoms with Crippen molar-refractivity contribution < 1.29 is 4.79 Å². The van der Waals surface area contributed by atoms with Gasteiger partial charge in [-0.25, -0.2) is 0 Å². The van der Waals surface area contributed by atoms with Gasteiger partial charge in [0, 0.05) is 29.5 Å². The minimum Gasteiger partial charge on any atom is -0.293 e. The van der Waals surface area contributed by atoms with Crippen LogP contribution >= 0.6 is 0 Å². The number of nitrogens with zero attached hydrogens (tertiary/aromatic N) is 3. The maximum absolute atomic E-state index is 12.7. The fraction of sp³-hybridized carbons (Fsp3) is 0.409. The van der Waals surface area contributed by atoms with E-state index in [2.05, 4.69) is 25.1 Å². The first kappa shape index (κ1) is 16.8. The summed E-state index contributed by atoms with van der Waals surface area (Å²) in [6, 6.07) is 12.5. The highest BCUT2D eigenvalue weighted by atomic mass is 16.1. The number of carbonyl (C=O) groups is 1.